The highest BCUT2D eigenvalue weighted by Crippen LogP contribution is 2.32. The lowest BCUT2D eigenvalue weighted by atomic mass is 10.2. The number of oxazole rings is 1. The van der Waals surface area contributed by atoms with Crippen molar-refractivity contribution >= 4 is 23.4 Å². The van der Waals surface area contributed by atoms with Crippen molar-refractivity contribution in [3.8, 4) is 34.2 Å². The van der Waals surface area contributed by atoms with E-state index >= 15 is 0 Å². The molecule has 0 unspecified atom stereocenters. The van der Waals surface area contributed by atoms with Crippen molar-refractivity contribution < 1.29 is 13.9 Å². The van der Waals surface area contributed by atoms with Crippen LogP contribution < -0.4 is 15.3 Å². The third kappa shape index (κ3) is 4.07. The van der Waals surface area contributed by atoms with Gasteiger partial charge in [0, 0.05) is 16.1 Å². The molecule has 0 saturated heterocycles. The Balaban J connectivity index is 1.49. The Bertz CT molecular complexity index is 1180. The molecule has 0 aliphatic rings. The SMILES string of the molecule is COc1ccc(-c2nnc(SCc3ncc(-c4cccc(Cl)c4)o3)n2N)cc1OC. The maximum Gasteiger partial charge on any atom is 0.210 e. The molecule has 2 N–H and O–H groups in total. The second-order valence-corrected chi connectivity index (χ2v) is 7.54. The fourth-order valence-corrected chi connectivity index (χ4v) is 3.73. The fraction of sp³-hybridized carbons (Fsp3) is 0.150. The molecular formula is C20H18ClN5O3S. The number of hydrogen-bond donors (Lipinski definition) is 1. The molecule has 0 amide bonds. The summed E-state index contributed by atoms with van der Waals surface area (Å²) in [5.74, 6) is 9.56. The molecule has 2 heterocycles. The highest BCUT2D eigenvalue weighted by molar-refractivity contribution is 7.98. The highest BCUT2D eigenvalue weighted by atomic mass is 35.5. The Labute approximate surface area is 182 Å². The largest absolute Gasteiger partial charge is 0.493 e. The number of benzene rings is 2. The molecule has 0 fully saturated rings. The number of nitrogens with zero attached hydrogens (tertiary/aromatic N) is 4. The van der Waals surface area contributed by atoms with E-state index in [1.807, 2.05) is 30.3 Å². The average molecular weight is 444 g/mol. The zero-order chi connectivity index (χ0) is 21.1. The normalized spacial score (nSPS) is 10.9. The van der Waals surface area contributed by atoms with Crippen molar-refractivity contribution in [2.45, 2.75) is 10.9 Å². The van der Waals surface area contributed by atoms with Gasteiger partial charge in [-0.1, -0.05) is 35.5 Å². The van der Waals surface area contributed by atoms with E-state index in [-0.39, 0.29) is 0 Å². The van der Waals surface area contributed by atoms with Crippen molar-refractivity contribution in [2.24, 2.45) is 0 Å². The molecule has 0 aliphatic carbocycles. The van der Waals surface area contributed by atoms with E-state index in [0.29, 0.717) is 44.9 Å². The molecule has 0 bridgehead atoms. The Morgan fingerprint density at radius 2 is 1.90 bits per heavy atom. The van der Waals surface area contributed by atoms with Gasteiger partial charge in [-0.25, -0.2) is 9.66 Å². The summed E-state index contributed by atoms with van der Waals surface area (Å²) in [6.45, 7) is 0. The van der Waals surface area contributed by atoms with Crippen molar-refractivity contribution in [3.05, 3.63) is 59.6 Å². The molecule has 2 aromatic heterocycles. The first-order chi connectivity index (χ1) is 14.6. The molecule has 4 aromatic rings. The Kier molecular flexibility index (Phi) is 5.82. The van der Waals surface area contributed by atoms with Crippen LogP contribution in [0.3, 0.4) is 0 Å². The summed E-state index contributed by atoms with van der Waals surface area (Å²) in [7, 11) is 3.16. The Morgan fingerprint density at radius 3 is 2.67 bits per heavy atom. The average Bonchev–Trinajstić information content (AvgIpc) is 3.38. The molecule has 8 nitrogen and oxygen atoms in total. The first-order valence-corrected chi connectivity index (χ1v) is 10.2. The van der Waals surface area contributed by atoms with E-state index in [9.17, 15) is 0 Å². The molecule has 0 radical (unpaired) electrons. The van der Waals surface area contributed by atoms with Crippen LogP contribution >= 0.6 is 23.4 Å². The van der Waals surface area contributed by atoms with Crippen LogP contribution in [0.5, 0.6) is 11.5 Å². The van der Waals surface area contributed by atoms with Gasteiger partial charge in [-0.2, -0.15) is 0 Å². The van der Waals surface area contributed by atoms with Gasteiger partial charge in [0.05, 0.1) is 26.2 Å². The van der Waals surface area contributed by atoms with Crippen LogP contribution in [0.1, 0.15) is 5.89 Å². The monoisotopic (exact) mass is 443 g/mol. The topological polar surface area (TPSA) is 101 Å². The molecular weight excluding hydrogens is 426 g/mol. The molecule has 30 heavy (non-hydrogen) atoms. The number of rotatable bonds is 7. The number of methoxy groups -OCH3 is 2. The first-order valence-electron chi connectivity index (χ1n) is 8.85. The van der Waals surface area contributed by atoms with Crippen LogP contribution in [0.4, 0.5) is 0 Å². The van der Waals surface area contributed by atoms with E-state index in [1.165, 1.54) is 16.4 Å². The van der Waals surface area contributed by atoms with Gasteiger partial charge in [0.1, 0.15) is 0 Å². The van der Waals surface area contributed by atoms with E-state index in [4.69, 9.17) is 31.3 Å². The summed E-state index contributed by atoms with van der Waals surface area (Å²) in [4.78, 5) is 4.31. The number of hydrogen-bond acceptors (Lipinski definition) is 8. The van der Waals surface area contributed by atoms with Crippen molar-refractivity contribution in [2.75, 3.05) is 20.1 Å². The highest BCUT2D eigenvalue weighted by Gasteiger charge is 2.16. The lowest BCUT2D eigenvalue weighted by molar-refractivity contribution is 0.355. The second-order valence-electron chi connectivity index (χ2n) is 6.16. The predicted molar refractivity (Wildman–Crippen MR) is 115 cm³/mol. The Hall–Kier alpha value is -3.17. The number of thioether (sulfide) groups is 1. The lowest BCUT2D eigenvalue weighted by Gasteiger charge is -2.09. The van der Waals surface area contributed by atoms with Crippen LogP contribution in [-0.2, 0) is 5.75 Å². The minimum absolute atomic E-state index is 0.446. The van der Waals surface area contributed by atoms with Gasteiger partial charge in [-0.05, 0) is 30.3 Å². The maximum atomic E-state index is 6.21. The van der Waals surface area contributed by atoms with Crippen molar-refractivity contribution in [1.82, 2.24) is 19.9 Å². The van der Waals surface area contributed by atoms with Crippen LogP contribution in [0.2, 0.25) is 5.02 Å². The maximum absolute atomic E-state index is 6.21. The molecule has 0 atom stereocenters. The molecule has 10 heteroatoms. The summed E-state index contributed by atoms with van der Waals surface area (Å²) in [6.07, 6.45) is 1.67. The minimum Gasteiger partial charge on any atom is -0.493 e. The standard InChI is InChI=1S/C20H18ClN5O3S/c1-27-15-7-6-13(9-16(15)28-2)19-24-25-20(26(19)22)30-11-18-23-10-17(29-18)12-4-3-5-14(21)8-12/h3-10H,11,22H2,1-2H3. The minimum atomic E-state index is 0.446. The van der Waals surface area contributed by atoms with Gasteiger partial charge in [0.2, 0.25) is 11.0 Å². The lowest BCUT2D eigenvalue weighted by Crippen LogP contribution is -2.11. The van der Waals surface area contributed by atoms with Gasteiger partial charge < -0.3 is 19.7 Å². The van der Waals surface area contributed by atoms with Gasteiger partial charge in [0.15, 0.2) is 23.1 Å². The molecule has 0 aliphatic heterocycles. The number of nitrogen functional groups attached to an aromatic ring is 1. The van der Waals surface area contributed by atoms with Crippen LogP contribution in [-0.4, -0.2) is 34.1 Å². The molecule has 0 spiro atoms. The van der Waals surface area contributed by atoms with Crippen LogP contribution in [0.25, 0.3) is 22.7 Å². The summed E-state index contributed by atoms with van der Waals surface area (Å²) >= 11 is 7.41. The molecule has 4 rings (SSSR count). The van der Waals surface area contributed by atoms with E-state index in [1.54, 1.807) is 32.5 Å². The van der Waals surface area contributed by atoms with Crippen LogP contribution in [0, 0.1) is 0 Å². The molecule has 0 saturated carbocycles. The summed E-state index contributed by atoms with van der Waals surface area (Å²) in [5, 5.41) is 9.54. The van der Waals surface area contributed by atoms with E-state index in [2.05, 4.69) is 15.2 Å². The van der Waals surface area contributed by atoms with Crippen molar-refractivity contribution in [1.29, 1.82) is 0 Å². The predicted octanol–water partition coefficient (Wildman–Crippen LogP) is 4.28. The molecule has 2 aromatic carbocycles. The zero-order valence-corrected chi connectivity index (χ0v) is 17.8. The zero-order valence-electron chi connectivity index (χ0n) is 16.2. The van der Waals surface area contributed by atoms with E-state index in [0.717, 1.165) is 11.1 Å². The second kappa shape index (κ2) is 8.68. The van der Waals surface area contributed by atoms with Gasteiger partial charge in [0.25, 0.3) is 0 Å². The number of ether oxygens (including phenoxy) is 2. The number of aromatic nitrogens is 4. The Morgan fingerprint density at radius 1 is 1.07 bits per heavy atom. The smallest absolute Gasteiger partial charge is 0.210 e. The third-order valence-corrected chi connectivity index (χ3v) is 5.46. The fourth-order valence-electron chi connectivity index (χ4n) is 2.83. The third-order valence-electron chi connectivity index (χ3n) is 4.29. The summed E-state index contributed by atoms with van der Waals surface area (Å²) in [5.41, 5.74) is 1.62. The van der Waals surface area contributed by atoms with Crippen molar-refractivity contribution in [3.63, 3.8) is 0 Å². The summed E-state index contributed by atoms with van der Waals surface area (Å²) < 4.78 is 17.8. The van der Waals surface area contributed by atoms with Crippen LogP contribution in [0.15, 0.2) is 58.2 Å². The van der Waals surface area contributed by atoms with Gasteiger partial charge in [-0.15, -0.1) is 10.2 Å². The van der Waals surface area contributed by atoms with Gasteiger partial charge >= 0.3 is 0 Å². The number of nitrogens with two attached hydrogens (primary N) is 1. The quantitative estimate of drug-likeness (QED) is 0.333. The van der Waals surface area contributed by atoms with E-state index < -0.39 is 0 Å². The number of halogens is 1. The molecule has 154 valence electrons. The summed E-state index contributed by atoms with van der Waals surface area (Å²) in [6, 6.07) is 12.8. The van der Waals surface area contributed by atoms with Gasteiger partial charge in [-0.3, -0.25) is 0 Å². The first kappa shape index (κ1) is 20.1.